The second kappa shape index (κ2) is 9.52. The largest absolute Gasteiger partial charge is 0.374 e. The summed E-state index contributed by atoms with van der Waals surface area (Å²) in [4.78, 5) is 37.5. The molecule has 3 amide bonds. The lowest BCUT2D eigenvalue weighted by Crippen LogP contribution is -2.48. The van der Waals surface area contributed by atoms with Crippen molar-refractivity contribution >= 4 is 23.4 Å². The van der Waals surface area contributed by atoms with Crippen molar-refractivity contribution in [2.45, 2.75) is 56.4 Å². The first-order chi connectivity index (χ1) is 15.3. The van der Waals surface area contributed by atoms with Gasteiger partial charge >= 0.3 is 0 Å². The van der Waals surface area contributed by atoms with Crippen LogP contribution in [0.2, 0.25) is 0 Å². The van der Waals surface area contributed by atoms with Crippen LogP contribution in [0.1, 0.15) is 50.0 Å². The minimum atomic E-state index is -2.82. The number of carbonyl (C=O) groups excluding carboxylic acids is 3. The normalized spacial score (nSPS) is 26.5. The molecule has 3 saturated heterocycles. The molecule has 3 fully saturated rings. The van der Waals surface area contributed by atoms with Crippen LogP contribution >= 0.6 is 0 Å². The first-order valence-corrected chi connectivity index (χ1v) is 11.4. The van der Waals surface area contributed by atoms with Gasteiger partial charge < -0.3 is 15.5 Å². The highest BCUT2D eigenvalue weighted by atomic mass is 19.3. The Bertz CT molecular complexity index is 853. The number of hydrogen-bond donors (Lipinski definition) is 3. The van der Waals surface area contributed by atoms with Crippen molar-refractivity contribution in [3.05, 3.63) is 29.8 Å². The quantitative estimate of drug-likeness (QED) is 0.601. The SMILES string of the molecule is O=C1CCC(Nc2ccc(C3CCN(C(=O)CC4CCNCC4(F)F)CC3)cc2)C(=O)N1. The van der Waals surface area contributed by atoms with Gasteiger partial charge in [0.1, 0.15) is 6.04 Å². The number of piperidine rings is 3. The zero-order chi connectivity index (χ0) is 22.7. The first-order valence-electron chi connectivity index (χ1n) is 11.4. The smallest absolute Gasteiger partial charge is 0.263 e. The number of benzene rings is 1. The van der Waals surface area contributed by atoms with E-state index < -0.39 is 17.9 Å². The number of halogens is 2. The highest BCUT2D eigenvalue weighted by molar-refractivity contribution is 6.01. The molecule has 3 N–H and O–H groups in total. The van der Waals surface area contributed by atoms with Gasteiger partial charge in [0.2, 0.25) is 17.7 Å². The van der Waals surface area contributed by atoms with Crippen molar-refractivity contribution in [3.63, 3.8) is 0 Å². The standard InChI is InChI=1S/C23H30F2N4O3/c24-23(25)14-26-10-7-17(23)13-21(31)29-11-8-16(9-12-29)15-1-3-18(4-2-15)27-19-5-6-20(30)28-22(19)32/h1-4,16-17,19,26-27H,5-14H2,(H,28,30,32). The fourth-order valence-corrected chi connectivity index (χ4v) is 4.82. The average Bonchev–Trinajstić information content (AvgIpc) is 2.78. The minimum absolute atomic E-state index is 0.0833. The van der Waals surface area contributed by atoms with Crippen LogP contribution in [0, 0.1) is 5.92 Å². The molecule has 7 nitrogen and oxygen atoms in total. The van der Waals surface area contributed by atoms with E-state index in [0.717, 1.165) is 24.1 Å². The lowest BCUT2D eigenvalue weighted by Gasteiger charge is -2.36. The maximum Gasteiger partial charge on any atom is 0.263 e. The monoisotopic (exact) mass is 448 g/mol. The number of anilines is 1. The molecule has 4 rings (SSSR count). The fourth-order valence-electron chi connectivity index (χ4n) is 4.82. The Labute approximate surface area is 186 Å². The van der Waals surface area contributed by atoms with E-state index in [1.165, 1.54) is 0 Å². The number of amides is 3. The molecule has 0 spiro atoms. The van der Waals surface area contributed by atoms with Gasteiger partial charge in [-0.2, -0.15) is 0 Å². The van der Waals surface area contributed by atoms with Crippen molar-refractivity contribution in [2.75, 3.05) is 31.5 Å². The number of alkyl halides is 2. The van der Waals surface area contributed by atoms with E-state index >= 15 is 0 Å². The summed E-state index contributed by atoms with van der Waals surface area (Å²) in [7, 11) is 0. The van der Waals surface area contributed by atoms with Crippen molar-refractivity contribution in [2.24, 2.45) is 5.92 Å². The van der Waals surface area contributed by atoms with Crippen molar-refractivity contribution < 1.29 is 23.2 Å². The van der Waals surface area contributed by atoms with Crippen molar-refractivity contribution in [3.8, 4) is 0 Å². The molecular weight excluding hydrogens is 418 g/mol. The molecule has 0 saturated carbocycles. The Morgan fingerprint density at radius 1 is 1.09 bits per heavy atom. The van der Waals surface area contributed by atoms with Crippen LogP contribution < -0.4 is 16.0 Å². The Morgan fingerprint density at radius 3 is 2.47 bits per heavy atom. The summed E-state index contributed by atoms with van der Waals surface area (Å²) in [6, 6.07) is 7.48. The van der Waals surface area contributed by atoms with E-state index in [-0.39, 0.29) is 30.7 Å². The van der Waals surface area contributed by atoms with E-state index in [4.69, 9.17) is 0 Å². The van der Waals surface area contributed by atoms with Crippen LogP contribution in [0.3, 0.4) is 0 Å². The van der Waals surface area contributed by atoms with Gasteiger partial charge in [0.15, 0.2) is 0 Å². The zero-order valence-electron chi connectivity index (χ0n) is 18.0. The third-order valence-electron chi connectivity index (χ3n) is 6.86. The van der Waals surface area contributed by atoms with E-state index in [9.17, 15) is 23.2 Å². The van der Waals surface area contributed by atoms with E-state index in [2.05, 4.69) is 16.0 Å². The van der Waals surface area contributed by atoms with Crippen LogP contribution in [0.5, 0.6) is 0 Å². The van der Waals surface area contributed by atoms with Crippen LogP contribution in [-0.4, -0.2) is 60.8 Å². The van der Waals surface area contributed by atoms with E-state index in [0.29, 0.717) is 44.8 Å². The van der Waals surface area contributed by atoms with Gasteiger partial charge in [-0.05, 0) is 55.8 Å². The molecule has 9 heteroatoms. The predicted molar refractivity (Wildman–Crippen MR) is 115 cm³/mol. The summed E-state index contributed by atoms with van der Waals surface area (Å²) in [5, 5.41) is 8.20. The van der Waals surface area contributed by atoms with Gasteiger partial charge in [-0.1, -0.05) is 12.1 Å². The molecule has 2 unspecified atom stereocenters. The van der Waals surface area contributed by atoms with Gasteiger partial charge in [-0.25, -0.2) is 8.78 Å². The number of hydrogen-bond acceptors (Lipinski definition) is 5. The Balaban J connectivity index is 1.26. The molecule has 32 heavy (non-hydrogen) atoms. The van der Waals surface area contributed by atoms with Gasteiger partial charge in [-0.15, -0.1) is 0 Å². The van der Waals surface area contributed by atoms with E-state index in [1.807, 2.05) is 24.3 Å². The number of likely N-dealkylation sites (tertiary alicyclic amines) is 1. The Hall–Kier alpha value is -2.55. The summed E-state index contributed by atoms with van der Waals surface area (Å²) in [6.07, 6.45) is 2.65. The summed E-state index contributed by atoms with van der Waals surface area (Å²) < 4.78 is 28.0. The number of imide groups is 1. The highest BCUT2D eigenvalue weighted by Gasteiger charge is 2.43. The molecule has 1 aromatic rings. The lowest BCUT2D eigenvalue weighted by atomic mass is 9.87. The predicted octanol–water partition coefficient (Wildman–Crippen LogP) is 2.24. The summed E-state index contributed by atoms with van der Waals surface area (Å²) in [5.41, 5.74) is 1.98. The third-order valence-corrected chi connectivity index (χ3v) is 6.86. The van der Waals surface area contributed by atoms with Gasteiger partial charge in [0.25, 0.3) is 5.92 Å². The Morgan fingerprint density at radius 2 is 1.81 bits per heavy atom. The van der Waals surface area contributed by atoms with Gasteiger partial charge in [0, 0.05) is 37.5 Å². The van der Waals surface area contributed by atoms with Gasteiger partial charge in [0.05, 0.1) is 6.54 Å². The molecule has 174 valence electrons. The highest BCUT2D eigenvalue weighted by Crippen LogP contribution is 2.34. The topological polar surface area (TPSA) is 90.5 Å². The summed E-state index contributed by atoms with van der Waals surface area (Å²) >= 11 is 0. The number of nitrogens with zero attached hydrogens (tertiary/aromatic N) is 1. The van der Waals surface area contributed by atoms with Crippen LogP contribution in [0.4, 0.5) is 14.5 Å². The summed E-state index contributed by atoms with van der Waals surface area (Å²) in [5.74, 6) is -4.10. The van der Waals surface area contributed by atoms with Crippen LogP contribution in [-0.2, 0) is 14.4 Å². The third kappa shape index (κ3) is 5.26. The number of rotatable bonds is 5. The molecule has 3 aliphatic rings. The molecule has 3 heterocycles. The average molecular weight is 449 g/mol. The first kappa shape index (κ1) is 22.6. The molecule has 2 atom stereocenters. The maximum atomic E-state index is 14.0. The molecule has 0 aliphatic carbocycles. The molecular formula is C23H30F2N4O3. The zero-order valence-corrected chi connectivity index (χ0v) is 18.0. The molecule has 3 aliphatic heterocycles. The summed E-state index contributed by atoms with van der Waals surface area (Å²) in [6.45, 7) is 1.35. The van der Waals surface area contributed by atoms with Crippen molar-refractivity contribution in [1.29, 1.82) is 0 Å². The second-order valence-electron chi connectivity index (χ2n) is 9.05. The molecule has 0 bridgehead atoms. The Kier molecular flexibility index (Phi) is 6.74. The molecule has 0 aromatic heterocycles. The number of nitrogens with one attached hydrogen (secondary N) is 3. The maximum absolute atomic E-state index is 14.0. The molecule has 0 radical (unpaired) electrons. The second-order valence-corrected chi connectivity index (χ2v) is 9.05. The van der Waals surface area contributed by atoms with Gasteiger partial charge in [-0.3, -0.25) is 19.7 Å². The van der Waals surface area contributed by atoms with E-state index in [1.54, 1.807) is 4.90 Å². The van der Waals surface area contributed by atoms with Crippen molar-refractivity contribution in [1.82, 2.24) is 15.5 Å². The van der Waals surface area contributed by atoms with Crippen LogP contribution in [0.25, 0.3) is 0 Å². The minimum Gasteiger partial charge on any atom is -0.374 e. The number of carbonyl (C=O) groups is 3. The fraction of sp³-hybridized carbons (Fsp3) is 0.609. The molecule has 1 aromatic carbocycles. The lowest BCUT2D eigenvalue weighted by molar-refractivity contribution is -0.140. The van der Waals surface area contributed by atoms with Crippen LogP contribution in [0.15, 0.2) is 24.3 Å².